The molecule has 0 saturated carbocycles. The summed E-state index contributed by atoms with van der Waals surface area (Å²) in [5, 5.41) is 0. The molecule has 0 saturated heterocycles. The average Bonchev–Trinajstić information content (AvgIpc) is 2.53. The average molecular weight is 299 g/mol. The number of hydrogen-bond acceptors (Lipinski definition) is 3. The Bertz CT molecular complexity index is 645. The van der Waals surface area contributed by atoms with E-state index in [1.165, 1.54) is 4.90 Å². The molecule has 4 heteroatoms. The van der Waals surface area contributed by atoms with Crippen molar-refractivity contribution in [3.05, 3.63) is 59.7 Å². The van der Waals surface area contributed by atoms with Crippen molar-refractivity contribution < 1.29 is 9.53 Å². The number of carbonyl (C=O) groups excluding carboxylic acids is 1. The van der Waals surface area contributed by atoms with Gasteiger partial charge in [0.25, 0.3) is 0 Å². The summed E-state index contributed by atoms with van der Waals surface area (Å²) in [4.78, 5) is 12.9. The minimum Gasteiger partial charge on any atom is -0.497 e. The van der Waals surface area contributed by atoms with Crippen LogP contribution in [-0.2, 0) is 4.79 Å². The Morgan fingerprint density at radius 2 is 1.71 bits per heavy atom. The molecule has 1 amide bonds. The maximum Gasteiger partial charge on any atom is 0.249 e. The first kappa shape index (κ1) is 15.2. The summed E-state index contributed by atoms with van der Waals surface area (Å²) < 4.78 is 5.12. The van der Waals surface area contributed by atoms with Crippen molar-refractivity contribution >= 4 is 29.3 Å². The molecule has 0 fully saturated rings. The summed E-state index contributed by atoms with van der Waals surface area (Å²) in [6, 6.07) is 15.2. The number of nitrogens with two attached hydrogens (primary N) is 1. The molecule has 0 aliphatic heterocycles. The van der Waals surface area contributed by atoms with E-state index in [9.17, 15) is 4.79 Å². The zero-order chi connectivity index (χ0) is 15.2. The number of amides is 1. The van der Waals surface area contributed by atoms with E-state index in [4.69, 9.17) is 10.5 Å². The Morgan fingerprint density at radius 1 is 1.10 bits per heavy atom. The molecular formula is C17H17NO2S. The molecule has 0 unspecified atom stereocenters. The number of ether oxygens (including phenoxy) is 1. The molecule has 0 atom stereocenters. The normalized spacial score (nSPS) is 11.2. The first-order valence-electron chi connectivity index (χ1n) is 6.44. The number of benzene rings is 2. The molecule has 2 aromatic carbocycles. The SMILES string of the molecule is COc1ccc(/C(=C\c2ccc(SC)cc2)C(N)=O)cc1. The second-order valence-electron chi connectivity index (χ2n) is 4.42. The van der Waals surface area contributed by atoms with Crippen molar-refractivity contribution in [2.24, 2.45) is 5.73 Å². The third-order valence-corrected chi connectivity index (χ3v) is 3.84. The Balaban J connectivity index is 2.36. The van der Waals surface area contributed by atoms with Gasteiger partial charge in [-0.3, -0.25) is 4.79 Å². The van der Waals surface area contributed by atoms with Gasteiger partial charge in [0.05, 0.1) is 7.11 Å². The highest BCUT2D eigenvalue weighted by molar-refractivity contribution is 7.98. The molecule has 0 heterocycles. The van der Waals surface area contributed by atoms with Gasteiger partial charge in [-0.2, -0.15) is 0 Å². The van der Waals surface area contributed by atoms with E-state index in [0.717, 1.165) is 16.9 Å². The van der Waals surface area contributed by atoms with Gasteiger partial charge in [-0.25, -0.2) is 0 Å². The van der Waals surface area contributed by atoms with Crippen LogP contribution in [0.5, 0.6) is 5.75 Å². The molecule has 0 bridgehead atoms. The van der Waals surface area contributed by atoms with Crippen LogP contribution in [0.3, 0.4) is 0 Å². The Hall–Kier alpha value is -2.20. The lowest BCUT2D eigenvalue weighted by molar-refractivity contribution is -0.112. The van der Waals surface area contributed by atoms with Crippen LogP contribution >= 0.6 is 11.8 Å². The highest BCUT2D eigenvalue weighted by Gasteiger charge is 2.08. The Morgan fingerprint density at radius 3 is 2.19 bits per heavy atom. The van der Waals surface area contributed by atoms with Gasteiger partial charge in [0.2, 0.25) is 5.91 Å². The molecule has 0 aromatic heterocycles. The highest BCUT2D eigenvalue weighted by Crippen LogP contribution is 2.22. The summed E-state index contributed by atoms with van der Waals surface area (Å²) in [6.45, 7) is 0. The van der Waals surface area contributed by atoms with Gasteiger partial charge < -0.3 is 10.5 Å². The molecule has 0 aliphatic rings. The lowest BCUT2D eigenvalue weighted by Gasteiger charge is -2.06. The number of carbonyl (C=O) groups is 1. The minimum absolute atomic E-state index is 0.450. The Labute approximate surface area is 128 Å². The Kier molecular flexibility index (Phi) is 5.06. The van der Waals surface area contributed by atoms with Crippen LogP contribution in [0.4, 0.5) is 0 Å². The smallest absolute Gasteiger partial charge is 0.249 e. The van der Waals surface area contributed by atoms with Crippen molar-refractivity contribution in [1.82, 2.24) is 0 Å². The molecular weight excluding hydrogens is 282 g/mol. The third-order valence-electron chi connectivity index (χ3n) is 3.09. The third kappa shape index (κ3) is 3.89. The summed E-state index contributed by atoms with van der Waals surface area (Å²) in [7, 11) is 1.60. The highest BCUT2D eigenvalue weighted by atomic mass is 32.2. The topological polar surface area (TPSA) is 52.3 Å². The first-order valence-corrected chi connectivity index (χ1v) is 7.66. The molecule has 0 radical (unpaired) electrons. The zero-order valence-electron chi connectivity index (χ0n) is 12.0. The minimum atomic E-state index is -0.450. The van der Waals surface area contributed by atoms with Gasteiger partial charge in [0, 0.05) is 10.5 Å². The van der Waals surface area contributed by atoms with Crippen molar-refractivity contribution in [2.75, 3.05) is 13.4 Å². The molecule has 2 rings (SSSR count). The molecule has 2 N–H and O–H groups in total. The number of hydrogen-bond donors (Lipinski definition) is 1. The summed E-state index contributed by atoms with van der Waals surface area (Å²) in [5.41, 5.74) is 7.70. The van der Waals surface area contributed by atoms with Crippen LogP contribution in [-0.4, -0.2) is 19.3 Å². The lowest BCUT2D eigenvalue weighted by atomic mass is 10.0. The van der Waals surface area contributed by atoms with Gasteiger partial charge in [-0.05, 0) is 47.7 Å². The quantitative estimate of drug-likeness (QED) is 0.523. The number of methoxy groups -OCH3 is 1. The van der Waals surface area contributed by atoms with Crippen molar-refractivity contribution in [1.29, 1.82) is 0 Å². The first-order chi connectivity index (χ1) is 10.1. The zero-order valence-corrected chi connectivity index (χ0v) is 12.8. The molecule has 3 nitrogen and oxygen atoms in total. The number of thioether (sulfide) groups is 1. The van der Waals surface area contributed by atoms with Gasteiger partial charge in [0.15, 0.2) is 0 Å². The largest absolute Gasteiger partial charge is 0.497 e. The van der Waals surface area contributed by atoms with Crippen LogP contribution in [0, 0.1) is 0 Å². The van der Waals surface area contributed by atoms with E-state index in [-0.39, 0.29) is 0 Å². The predicted octanol–water partition coefficient (Wildman–Crippen LogP) is 3.44. The van der Waals surface area contributed by atoms with Gasteiger partial charge >= 0.3 is 0 Å². The van der Waals surface area contributed by atoms with Gasteiger partial charge in [-0.1, -0.05) is 24.3 Å². The number of rotatable bonds is 5. The monoisotopic (exact) mass is 299 g/mol. The van der Waals surface area contributed by atoms with E-state index >= 15 is 0 Å². The van der Waals surface area contributed by atoms with Crippen LogP contribution in [0.1, 0.15) is 11.1 Å². The van der Waals surface area contributed by atoms with Crippen LogP contribution < -0.4 is 10.5 Å². The van der Waals surface area contributed by atoms with Crippen molar-refractivity contribution in [2.45, 2.75) is 4.90 Å². The second-order valence-corrected chi connectivity index (χ2v) is 5.30. The molecule has 0 spiro atoms. The number of primary amides is 1. The second kappa shape index (κ2) is 6.99. The summed E-state index contributed by atoms with van der Waals surface area (Å²) in [5.74, 6) is 0.293. The van der Waals surface area contributed by atoms with E-state index in [1.807, 2.05) is 54.8 Å². The van der Waals surface area contributed by atoms with Crippen LogP contribution in [0.2, 0.25) is 0 Å². The maximum absolute atomic E-state index is 11.7. The lowest BCUT2D eigenvalue weighted by Crippen LogP contribution is -2.12. The fourth-order valence-electron chi connectivity index (χ4n) is 1.93. The molecule has 0 aliphatic carbocycles. The molecule has 2 aromatic rings. The fraction of sp³-hybridized carbons (Fsp3) is 0.118. The standard InChI is InChI=1S/C17H17NO2S/c1-20-14-7-5-13(6-8-14)16(17(18)19)11-12-3-9-15(21-2)10-4-12/h3-11H,1-2H3,(H2,18,19)/b16-11+. The van der Waals surface area contributed by atoms with Gasteiger partial charge in [-0.15, -0.1) is 11.8 Å². The predicted molar refractivity (Wildman–Crippen MR) is 88.3 cm³/mol. The maximum atomic E-state index is 11.7. The van der Waals surface area contributed by atoms with E-state index in [2.05, 4.69) is 0 Å². The fourth-order valence-corrected chi connectivity index (χ4v) is 2.34. The van der Waals surface area contributed by atoms with E-state index in [1.54, 1.807) is 24.9 Å². The van der Waals surface area contributed by atoms with Crippen molar-refractivity contribution in [3.8, 4) is 5.75 Å². The molecule has 108 valence electrons. The van der Waals surface area contributed by atoms with Crippen molar-refractivity contribution in [3.63, 3.8) is 0 Å². The van der Waals surface area contributed by atoms with Crippen LogP contribution in [0.15, 0.2) is 53.4 Å². The van der Waals surface area contributed by atoms with Gasteiger partial charge in [0.1, 0.15) is 5.75 Å². The summed E-state index contributed by atoms with van der Waals surface area (Å²) in [6.07, 6.45) is 3.82. The summed E-state index contributed by atoms with van der Waals surface area (Å²) >= 11 is 1.68. The van der Waals surface area contributed by atoms with Crippen LogP contribution in [0.25, 0.3) is 11.6 Å². The van der Waals surface area contributed by atoms with E-state index < -0.39 is 5.91 Å². The van der Waals surface area contributed by atoms with E-state index in [0.29, 0.717) is 5.57 Å². The molecule has 21 heavy (non-hydrogen) atoms.